The van der Waals surface area contributed by atoms with Crippen LogP contribution in [-0.4, -0.2) is 16.9 Å². The summed E-state index contributed by atoms with van der Waals surface area (Å²) in [6, 6.07) is 13.0. The highest BCUT2D eigenvalue weighted by Gasteiger charge is 2.14. The van der Waals surface area contributed by atoms with Crippen LogP contribution in [0.2, 0.25) is 5.02 Å². The number of benzene rings is 2. The van der Waals surface area contributed by atoms with Crippen LogP contribution in [0.4, 0.5) is 11.4 Å². The summed E-state index contributed by atoms with van der Waals surface area (Å²) in [6.07, 6.45) is 0. The van der Waals surface area contributed by atoms with Crippen molar-refractivity contribution in [2.75, 3.05) is 10.6 Å². The molecule has 134 valence electrons. The van der Waals surface area contributed by atoms with E-state index in [-0.39, 0.29) is 11.9 Å². The first-order chi connectivity index (χ1) is 12.4. The molecule has 26 heavy (non-hydrogen) atoms. The number of hydrogen-bond donors (Lipinski definition) is 2. The van der Waals surface area contributed by atoms with Gasteiger partial charge in [-0.15, -0.1) is 11.3 Å². The molecule has 0 spiro atoms. The second-order valence-electron chi connectivity index (χ2n) is 6.14. The van der Waals surface area contributed by atoms with Crippen molar-refractivity contribution in [2.45, 2.75) is 26.8 Å². The molecule has 1 amide bonds. The Hall–Kier alpha value is -2.37. The van der Waals surface area contributed by atoms with Crippen molar-refractivity contribution in [3.8, 4) is 11.3 Å². The third-order valence-corrected chi connectivity index (χ3v) is 5.04. The van der Waals surface area contributed by atoms with E-state index in [0.29, 0.717) is 5.02 Å². The van der Waals surface area contributed by atoms with E-state index < -0.39 is 0 Å². The molecule has 0 bridgehead atoms. The van der Waals surface area contributed by atoms with Crippen molar-refractivity contribution in [2.24, 2.45) is 0 Å². The van der Waals surface area contributed by atoms with Crippen LogP contribution in [0.5, 0.6) is 0 Å². The van der Waals surface area contributed by atoms with Gasteiger partial charge < -0.3 is 10.6 Å². The van der Waals surface area contributed by atoms with Crippen LogP contribution < -0.4 is 10.6 Å². The zero-order valence-electron chi connectivity index (χ0n) is 14.8. The van der Waals surface area contributed by atoms with Crippen LogP contribution in [0.3, 0.4) is 0 Å². The smallest absolute Gasteiger partial charge is 0.246 e. The molecule has 3 rings (SSSR count). The molecular weight excluding hydrogens is 366 g/mol. The number of aromatic nitrogens is 1. The molecule has 3 aromatic rings. The fourth-order valence-electron chi connectivity index (χ4n) is 2.52. The minimum Gasteiger partial charge on any atom is -0.374 e. The number of aryl methyl sites for hydroxylation is 2. The maximum absolute atomic E-state index is 12.4. The van der Waals surface area contributed by atoms with E-state index >= 15 is 0 Å². The van der Waals surface area contributed by atoms with Crippen LogP contribution in [0.1, 0.15) is 17.5 Å². The average Bonchev–Trinajstić information content (AvgIpc) is 3.05. The Bertz CT molecular complexity index is 921. The first-order valence-electron chi connectivity index (χ1n) is 8.28. The van der Waals surface area contributed by atoms with Crippen molar-refractivity contribution < 1.29 is 4.79 Å². The molecule has 1 unspecified atom stereocenters. The van der Waals surface area contributed by atoms with Gasteiger partial charge in [-0.1, -0.05) is 29.8 Å². The Morgan fingerprint density at radius 1 is 1.15 bits per heavy atom. The normalized spacial score (nSPS) is 11.8. The lowest BCUT2D eigenvalue weighted by Gasteiger charge is -2.16. The monoisotopic (exact) mass is 385 g/mol. The molecule has 0 radical (unpaired) electrons. The molecule has 0 aliphatic rings. The zero-order chi connectivity index (χ0) is 18.7. The second kappa shape index (κ2) is 7.89. The van der Waals surface area contributed by atoms with Crippen molar-refractivity contribution in [1.29, 1.82) is 0 Å². The number of anilines is 2. The quantitative estimate of drug-likeness (QED) is 0.608. The molecule has 0 saturated heterocycles. The SMILES string of the molecule is Cc1nc(-c2ccc(NC(C)C(=O)Nc3cc(Cl)ccc3C)cc2)cs1. The first-order valence-corrected chi connectivity index (χ1v) is 9.54. The van der Waals surface area contributed by atoms with Gasteiger partial charge in [0.05, 0.1) is 10.7 Å². The number of rotatable bonds is 5. The highest BCUT2D eigenvalue weighted by molar-refractivity contribution is 7.09. The van der Waals surface area contributed by atoms with Crippen LogP contribution in [-0.2, 0) is 4.79 Å². The Morgan fingerprint density at radius 2 is 1.88 bits per heavy atom. The summed E-state index contributed by atoms with van der Waals surface area (Å²) in [5.41, 5.74) is 4.61. The summed E-state index contributed by atoms with van der Waals surface area (Å²) < 4.78 is 0. The van der Waals surface area contributed by atoms with Gasteiger partial charge in [0.1, 0.15) is 6.04 Å². The lowest BCUT2D eigenvalue weighted by atomic mass is 10.1. The van der Waals surface area contributed by atoms with Crippen molar-refractivity contribution in [3.05, 3.63) is 63.4 Å². The predicted molar refractivity (Wildman–Crippen MR) is 110 cm³/mol. The standard InChI is InChI=1S/C20H20ClN3OS/c1-12-4-7-16(21)10-18(12)24-20(25)13(2)22-17-8-5-15(6-9-17)19-11-26-14(3)23-19/h4-11,13,22H,1-3H3,(H,24,25). The Balaban J connectivity index is 1.64. The minimum absolute atomic E-state index is 0.116. The third-order valence-electron chi connectivity index (χ3n) is 4.03. The fourth-order valence-corrected chi connectivity index (χ4v) is 3.31. The topological polar surface area (TPSA) is 54.0 Å². The van der Waals surface area contributed by atoms with Gasteiger partial charge in [0.25, 0.3) is 0 Å². The van der Waals surface area contributed by atoms with Crippen LogP contribution in [0.15, 0.2) is 47.8 Å². The molecule has 4 nitrogen and oxygen atoms in total. The van der Waals surface area contributed by atoms with E-state index in [1.807, 2.05) is 56.5 Å². The van der Waals surface area contributed by atoms with E-state index in [2.05, 4.69) is 15.6 Å². The molecule has 0 aliphatic carbocycles. The maximum atomic E-state index is 12.4. The van der Waals surface area contributed by atoms with E-state index in [1.54, 1.807) is 23.5 Å². The van der Waals surface area contributed by atoms with Gasteiger partial charge in [0.2, 0.25) is 5.91 Å². The van der Waals surface area contributed by atoms with Gasteiger partial charge in [-0.05, 0) is 50.6 Å². The summed E-state index contributed by atoms with van der Waals surface area (Å²) in [6.45, 7) is 5.75. The molecule has 2 aromatic carbocycles. The van der Waals surface area contributed by atoms with Crippen LogP contribution in [0.25, 0.3) is 11.3 Å². The summed E-state index contributed by atoms with van der Waals surface area (Å²) in [5, 5.41) is 9.82. The zero-order valence-corrected chi connectivity index (χ0v) is 16.4. The molecule has 0 fully saturated rings. The number of halogens is 1. The Morgan fingerprint density at radius 3 is 2.54 bits per heavy atom. The van der Waals surface area contributed by atoms with E-state index in [0.717, 1.165) is 33.2 Å². The van der Waals surface area contributed by atoms with E-state index in [4.69, 9.17) is 11.6 Å². The Labute approximate surface area is 162 Å². The van der Waals surface area contributed by atoms with Gasteiger partial charge >= 0.3 is 0 Å². The van der Waals surface area contributed by atoms with Crippen LogP contribution in [0, 0.1) is 13.8 Å². The van der Waals surface area contributed by atoms with Gasteiger partial charge in [-0.25, -0.2) is 4.98 Å². The van der Waals surface area contributed by atoms with Crippen molar-refractivity contribution in [3.63, 3.8) is 0 Å². The molecule has 6 heteroatoms. The van der Waals surface area contributed by atoms with Crippen molar-refractivity contribution in [1.82, 2.24) is 4.98 Å². The minimum atomic E-state index is -0.388. The number of nitrogens with zero attached hydrogens (tertiary/aromatic N) is 1. The van der Waals surface area contributed by atoms with Gasteiger partial charge in [-0.3, -0.25) is 4.79 Å². The largest absolute Gasteiger partial charge is 0.374 e. The number of nitrogens with one attached hydrogen (secondary N) is 2. The average molecular weight is 386 g/mol. The summed E-state index contributed by atoms with van der Waals surface area (Å²) in [5.74, 6) is -0.116. The number of thiazole rings is 1. The molecular formula is C20H20ClN3OS. The first kappa shape index (κ1) is 18.4. The molecule has 1 atom stereocenters. The second-order valence-corrected chi connectivity index (χ2v) is 7.64. The fraction of sp³-hybridized carbons (Fsp3) is 0.200. The molecule has 0 saturated carbocycles. The summed E-state index contributed by atoms with van der Waals surface area (Å²) in [4.78, 5) is 16.9. The van der Waals surface area contributed by atoms with Crippen molar-refractivity contribution >= 4 is 40.2 Å². The molecule has 2 N–H and O–H groups in total. The number of carbonyl (C=O) groups excluding carboxylic acids is 1. The van der Waals surface area contributed by atoms with Gasteiger partial charge in [0.15, 0.2) is 0 Å². The number of hydrogen-bond acceptors (Lipinski definition) is 4. The van der Waals surface area contributed by atoms with Crippen LogP contribution >= 0.6 is 22.9 Å². The lowest BCUT2D eigenvalue weighted by Crippen LogP contribution is -2.32. The highest BCUT2D eigenvalue weighted by Crippen LogP contribution is 2.24. The number of carbonyl (C=O) groups is 1. The third kappa shape index (κ3) is 4.42. The predicted octanol–water partition coefficient (Wildman–Crippen LogP) is 5.52. The molecule has 1 aromatic heterocycles. The highest BCUT2D eigenvalue weighted by atomic mass is 35.5. The van der Waals surface area contributed by atoms with E-state index in [1.165, 1.54) is 0 Å². The molecule has 1 heterocycles. The number of amides is 1. The van der Waals surface area contributed by atoms with E-state index in [9.17, 15) is 4.79 Å². The lowest BCUT2D eigenvalue weighted by molar-refractivity contribution is -0.116. The maximum Gasteiger partial charge on any atom is 0.246 e. The molecule has 0 aliphatic heterocycles. The summed E-state index contributed by atoms with van der Waals surface area (Å²) in [7, 11) is 0. The van der Waals surface area contributed by atoms with Gasteiger partial charge in [-0.2, -0.15) is 0 Å². The summed E-state index contributed by atoms with van der Waals surface area (Å²) >= 11 is 7.64. The van der Waals surface area contributed by atoms with Gasteiger partial charge in [0, 0.05) is 27.3 Å². The Kier molecular flexibility index (Phi) is 5.59.